The van der Waals surface area contributed by atoms with Gasteiger partial charge in [0, 0.05) is 24.4 Å². The van der Waals surface area contributed by atoms with Crippen molar-refractivity contribution in [3.8, 4) is 5.75 Å². The highest BCUT2D eigenvalue weighted by molar-refractivity contribution is 6.00. The van der Waals surface area contributed by atoms with Crippen LogP contribution in [0.25, 0.3) is 0 Å². The van der Waals surface area contributed by atoms with Gasteiger partial charge in [-0.25, -0.2) is 14.9 Å². The fourth-order valence-corrected chi connectivity index (χ4v) is 2.87. The van der Waals surface area contributed by atoms with Crippen LogP contribution in [-0.2, 0) is 9.63 Å². The van der Waals surface area contributed by atoms with E-state index < -0.39 is 5.72 Å². The Labute approximate surface area is 146 Å². The molecule has 0 fully saturated rings. The molecule has 1 aliphatic rings. The minimum Gasteiger partial charge on any atom is -0.508 e. The predicted octanol–water partition coefficient (Wildman–Crippen LogP) is 3.07. The van der Waals surface area contributed by atoms with Crippen LogP contribution in [0.15, 0.2) is 53.5 Å². The molecule has 0 saturated heterocycles. The van der Waals surface area contributed by atoms with E-state index >= 15 is 0 Å². The molecule has 2 aromatic rings. The molecule has 0 bridgehead atoms. The van der Waals surface area contributed by atoms with Crippen molar-refractivity contribution in [1.82, 2.24) is 5.06 Å². The van der Waals surface area contributed by atoms with Gasteiger partial charge in [0.25, 0.3) is 0 Å². The molecule has 6 nitrogen and oxygen atoms in total. The maximum atomic E-state index is 12.3. The highest BCUT2D eigenvalue weighted by atomic mass is 16.7. The number of amides is 1. The highest BCUT2D eigenvalue weighted by Gasteiger charge is 2.38. The van der Waals surface area contributed by atoms with Crippen LogP contribution in [0.2, 0.25) is 0 Å². The molecule has 2 N–H and O–H groups in total. The lowest BCUT2D eigenvalue weighted by Gasteiger charge is -2.21. The summed E-state index contributed by atoms with van der Waals surface area (Å²) in [6.45, 7) is 3.78. The first-order valence-electron chi connectivity index (χ1n) is 8.04. The Morgan fingerprint density at radius 3 is 2.76 bits per heavy atom. The number of anilines is 1. The summed E-state index contributed by atoms with van der Waals surface area (Å²) in [5, 5.41) is 13.8. The zero-order valence-electron chi connectivity index (χ0n) is 14.5. The number of phenolic OH excluding ortho intramolecular Hbond substituents is 1. The van der Waals surface area contributed by atoms with Crippen molar-refractivity contribution in [3.05, 3.63) is 59.7 Å². The quantitative estimate of drug-likeness (QED) is 0.898. The van der Waals surface area contributed by atoms with E-state index in [9.17, 15) is 9.90 Å². The van der Waals surface area contributed by atoms with Crippen molar-refractivity contribution in [2.75, 3.05) is 12.4 Å². The first-order chi connectivity index (χ1) is 11.9. The number of nitrogens with one attached hydrogen (secondary N) is 1. The smallest absolute Gasteiger partial charge is 0.229 e. The lowest BCUT2D eigenvalue weighted by Crippen LogP contribution is -2.32. The molecule has 130 valence electrons. The molecular weight excluding hydrogens is 318 g/mol. The molecule has 6 heteroatoms. The minimum absolute atomic E-state index is 0.0579. The topological polar surface area (TPSA) is 74.2 Å². The number of benzene rings is 2. The molecule has 1 heterocycles. The van der Waals surface area contributed by atoms with Crippen LogP contribution in [0.5, 0.6) is 5.75 Å². The molecule has 1 unspecified atom stereocenters. The number of carbonyl (C=O) groups is 1. The van der Waals surface area contributed by atoms with Crippen molar-refractivity contribution < 1.29 is 14.7 Å². The maximum absolute atomic E-state index is 12.3. The Morgan fingerprint density at radius 1 is 1.28 bits per heavy atom. The third kappa shape index (κ3) is 3.80. The van der Waals surface area contributed by atoms with E-state index in [0.29, 0.717) is 11.5 Å². The monoisotopic (exact) mass is 339 g/mol. The number of aliphatic imine (C=N–C) groups is 1. The number of hydroxylamine groups is 2. The fourth-order valence-electron chi connectivity index (χ4n) is 2.87. The van der Waals surface area contributed by atoms with Crippen molar-refractivity contribution in [2.24, 2.45) is 4.99 Å². The van der Waals surface area contributed by atoms with Crippen LogP contribution >= 0.6 is 0 Å². The number of phenols is 1. The summed E-state index contributed by atoms with van der Waals surface area (Å²) >= 11 is 0. The number of rotatable bonds is 4. The summed E-state index contributed by atoms with van der Waals surface area (Å²) in [6.07, 6.45) is 0.0579. The second-order valence-electron chi connectivity index (χ2n) is 6.29. The molecule has 0 aromatic heterocycles. The van der Waals surface area contributed by atoms with Gasteiger partial charge in [0.15, 0.2) is 11.6 Å². The predicted molar refractivity (Wildman–Crippen MR) is 96.3 cm³/mol. The van der Waals surface area contributed by atoms with Gasteiger partial charge in [-0.3, -0.25) is 4.79 Å². The Bertz CT molecular complexity index is 834. The number of aryl methyl sites for hydroxylation is 1. The van der Waals surface area contributed by atoms with Crippen molar-refractivity contribution in [2.45, 2.75) is 26.0 Å². The average Bonchev–Trinajstić information content (AvgIpc) is 2.82. The Morgan fingerprint density at radius 2 is 2.04 bits per heavy atom. The van der Waals surface area contributed by atoms with Crippen LogP contribution in [-0.4, -0.2) is 34.7 Å². The van der Waals surface area contributed by atoms with Gasteiger partial charge < -0.3 is 10.4 Å². The molecular formula is C19H21N3O3. The molecule has 0 saturated carbocycles. The zero-order valence-corrected chi connectivity index (χ0v) is 14.5. The van der Waals surface area contributed by atoms with Crippen LogP contribution in [0.4, 0.5) is 5.69 Å². The van der Waals surface area contributed by atoms with E-state index in [1.54, 1.807) is 37.2 Å². The van der Waals surface area contributed by atoms with Crippen LogP contribution < -0.4 is 5.32 Å². The van der Waals surface area contributed by atoms with E-state index in [1.165, 1.54) is 6.07 Å². The van der Waals surface area contributed by atoms with Crippen molar-refractivity contribution >= 4 is 17.4 Å². The second kappa shape index (κ2) is 6.57. The SMILES string of the molecule is Cc1ccccc1C1=NC(C)(CC(=O)Nc2cccc(O)c2)ON1C. The van der Waals surface area contributed by atoms with Gasteiger partial charge in [-0.2, -0.15) is 0 Å². The van der Waals surface area contributed by atoms with Gasteiger partial charge in [-0.05, 0) is 31.5 Å². The van der Waals surface area contributed by atoms with Crippen LogP contribution in [0.1, 0.15) is 24.5 Å². The molecule has 0 radical (unpaired) electrons. The molecule has 1 aliphatic heterocycles. The number of carbonyl (C=O) groups excluding carboxylic acids is 1. The van der Waals surface area contributed by atoms with Crippen molar-refractivity contribution in [3.63, 3.8) is 0 Å². The van der Waals surface area contributed by atoms with Gasteiger partial charge in [0.1, 0.15) is 5.75 Å². The second-order valence-corrected chi connectivity index (χ2v) is 6.29. The fraction of sp³-hybridized carbons (Fsp3) is 0.263. The van der Waals surface area contributed by atoms with Gasteiger partial charge in [0.05, 0.1) is 6.42 Å². The van der Waals surface area contributed by atoms with E-state index in [4.69, 9.17) is 4.84 Å². The summed E-state index contributed by atoms with van der Waals surface area (Å²) < 4.78 is 0. The number of hydrogen-bond acceptors (Lipinski definition) is 5. The number of hydrogen-bond donors (Lipinski definition) is 2. The average molecular weight is 339 g/mol. The molecule has 1 atom stereocenters. The lowest BCUT2D eigenvalue weighted by atomic mass is 10.1. The lowest BCUT2D eigenvalue weighted by molar-refractivity contribution is -0.164. The van der Waals surface area contributed by atoms with Crippen LogP contribution in [0.3, 0.4) is 0 Å². The van der Waals surface area contributed by atoms with Crippen LogP contribution in [0, 0.1) is 6.92 Å². The summed E-state index contributed by atoms with van der Waals surface area (Å²) in [5.41, 5.74) is 1.61. The van der Waals surface area contributed by atoms with Gasteiger partial charge in [-0.15, -0.1) is 0 Å². The summed E-state index contributed by atoms with van der Waals surface area (Å²) in [6, 6.07) is 14.3. The summed E-state index contributed by atoms with van der Waals surface area (Å²) in [4.78, 5) is 22.8. The molecule has 25 heavy (non-hydrogen) atoms. The Kier molecular flexibility index (Phi) is 4.46. The van der Waals surface area contributed by atoms with E-state index in [1.807, 2.05) is 31.2 Å². The Hall–Kier alpha value is -2.86. The molecule has 3 rings (SSSR count). The van der Waals surface area contributed by atoms with Crippen molar-refractivity contribution in [1.29, 1.82) is 0 Å². The first kappa shape index (κ1) is 17.0. The number of amidine groups is 1. The van der Waals surface area contributed by atoms with E-state index in [0.717, 1.165) is 11.1 Å². The third-order valence-corrected chi connectivity index (χ3v) is 3.98. The molecule has 0 spiro atoms. The van der Waals surface area contributed by atoms with Gasteiger partial charge >= 0.3 is 0 Å². The Balaban J connectivity index is 1.76. The zero-order chi connectivity index (χ0) is 18.0. The van der Waals surface area contributed by atoms with E-state index in [-0.39, 0.29) is 18.1 Å². The highest BCUT2D eigenvalue weighted by Crippen LogP contribution is 2.29. The first-order valence-corrected chi connectivity index (χ1v) is 8.04. The minimum atomic E-state index is -0.979. The largest absolute Gasteiger partial charge is 0.508 e. The van der Waals surface area contributed by atoms with Gasteiger partial charge in [0.2, 0.25) is 5.91 Å². The summed E-state index contributed by atoms with van der Waals surface area (Å²) in [7, 11) is 1.78. The number of nitrogens with zero attached hydrogens (tertiary/aromatic N) is 2. The van der Waals surface area contributed by atoms with Gasteiger partial charge in [-0.1, -0.05) is 30.3 Å². The molecule has 1 amide bonds. The maximum Gasteiger partial charge on any atom is 0.229 e. The summed E-state index contributed by atoms with van der Waals surface area (Å²) in [5.74, 6) is 0.558. The standard InChI is InChI=1S/C19H21N3O3/c1-13-7-4-5-10-16(13)18-21-19(2,25-22(18)3)12-17(24)20-14-8-6-9-15(23)11-14/h4-11,23H,12H2,1-3H3,(H,20,24). The number of aromatic hydroxyl groups is 1. The van der Waals surface area contributed by atoms with E-state index in [2.05, 4.69) is 10.3 Å². The normalized spacial score (nSPS) is 19.6. The molecule has 2 aromatic carbocycles. The molecule has 0 aliphatic carbocycles. The third-order valence-electron chi connectivity index (χ3n) is 3.98.